The quantitative estimate of drug-likeness (QED) is 0.451. The number of hydrogen-bond donors (Lipinski definition) is 0. The van der Waals surface area contributed by atoms with Crippen molar-refractivity contribution in [3.05, 3.63) is 54.6 Å². The van der Waals surface area contributed by atoms with Gasteiger partial charge in [-0.05, 0) is 36.1 Å². The van der Waals surface area contributed by atoms with E-state index in [1.54, 1.807) is 12.1 Å². The lowest BCUT2D eigenvalue weighted by Gasteiger charge is -2.19. The van der Waals surface area contributed by atoms with Gasteiger partial charge in [-0.1, -0.05) is 55.3 Å². The van der Waals surface area contributed by atoms with Crippen molar-refractivity contribution in [1.82, 2.24) is 4.90 Å². The molecule has 1 saturated heterocycles. The fourth-order valence-electron chi connectivity index (χ4n) is 4.18. The molecule has 2 aromatic rings. The zero-order valence-electron chi connectivity index (χ0n) is 15.7. The van der Waals surface area contributed by atoms with Gasteiger partial charge >= 0.3 is 5.97 Å². The second-order valence-corrected chi connectivity index (χ2v) is 7.44. The molecule has 5 heteroatoms. The third-order valence-electron chi connectivity index (χ3n) is 5.67. The number of carbonyl (C=O) groups is 3. The molecule has 1 aliphatic carbocycles. The van der Waals surface area contributed by atoms with Gasteiger partial charge in [0.1, 0.15) is 5.75 Å². The summed E-state index contributed by atoms with van der Waals surface area (Å²) < 4.78 is 5.37. The van der Waals surface area contributed by atoms with E-state index in [0.29, 0.717) is 5.75 Å². The molecule has 0 N–H and O–H groups in total. The number of benzene rings is 2. The lowest BCUT2D eigenvalue weighted by molar-refractivity contribution is -0.141. The summed E-state index contributed by atoms with van der Waals surface area (Å²) in [7, 11) is 0. The van der Waals surface area contributed by atoms with E-state index in [-0.39, 0.29) is 36.6 Å². The van der Waals surface area contributed by atoms with Crippen LogP contribution < -0.4 is 4.74 Å². The molecule has 0 aromatic heterocycles. The molecule has 1 heterocycles. The Morgan fingerprint density at radius 1 is 0.857 bits per heavy atom. The number of amides is 2. The van der Waals surface area contributed by atoms with E-state index in [2.05, 4.69) is 0 Å². The van der Waals surface area contributed by atoms with Gasteiger partial charge in [0.05, 0.1) is 18.3 Å². The topological polar surface area (TPSA) is 63.7 Å². The van der Waals surface area contributed by atoms with E-state index < -0.39 is 5.97 Å². The van der Waals surface area contributed by atoms with Crippen molar-refractivity contribution in [3.8, 4) is 16.9 Å². The standard InChI is InChI=1S/C23H23NO4/c25-21(14-15-24-22(26)19-8-4-5-9-20(19)23(24)27)28-18-12-10-17(11-13-18)16-6-2-1-3-7-16/h1-3,6-7,10-13,19-20H,4-5,8-9,14-15H2/t19-,20-/m1/s1. The first kappa shape index (κ1) is 18.4. The molecule has 1 aliphatic heterocycles. The highest BCUT2D eigenvalue weighted by Gasteiger charge is 2.47. The molecule has 0 radical (unpaired) electrons. The van der Waals surface area contributed by atoms with E-state index in [1.807, 2.05) is 42.5 Å². The first-order chi connectivity index (χ1) is 13.6. The van der Waals surface area contributed by atoms with Gasteiger partial charge in [0.15, 0.2) is 0 Å². The maximum Gasteiger partial charge on any atom is 0.312 e. The minimum Gasteiger partial charge on any atom is -0.426 e. The van der Waals surface area contributed by atoms with Gasteiger partial charge in [0.2, 0.25) is 11.8 Å². The summed E-state index contributed by atoms with van der Waals surface area (Å²) in [6.45, 7) is 0.103. The van der Waals surface area contributed by atoms with Crippen molar-refractivity contribution in [2.24, 2.45) is 11.8 Å². The van der Waals surface area contributed by atoms with Gasteiger partial charge in [-0.2, -0.15) is 0 Å². The minimum absolute atomic E-state index is 0.0113. The normalized spacial score (nSPS) is 21.5. The van der Waals surface area contributed by atoms with Crippen molar-refractivity contribution in [2.45, 2.75) is 32.1 Å². The Kier molecular flexibility index (Phi) is 5.24. The SMILES string of the molecule is O=C(CCN1C(=O)[C@@H]2CCCC[C@H]2C1=O)Oc1ccc(-c2ccccc2)cc1. The number of esters is 1. The molecule has 1 saturated carbocycles. The first-order valence-electron chi connectivity index (χ1n) is 9.85. The Morgan fingerprint density at radius 3 is 2.04 bits per heavy atom. The second kappa shape index (κ2) is 7.97. The molecule has 144 valence electrons. The van der Waals surface area contributed by atoms with Crippen LogP contribution in [0, 0.1) is 11.8 Å². The molecule has 5 nitrogen and oxygen atoms in total. The summed E-state index contributed by atoms with van der Waals surface area (Å²) in [5, 5.41) is 0. The minimum atomic E-state index is -0.442. The molecule has 2 amide bonds. The van der Waals surface area contributed by atoms with Crippen molar-refractivity contribution < 1.29 is 19.1 Å². The van der Waals surface area contributed by atoms with Crippen molar-refractivity contribution in [1.29, 1.82) is 0 Å². The number of fused-ring (bicyclic) bond motifs is 1. The van der Waals surface area contributed by atoms with Gasteiger partial charge in [0.25, 0.3) is 0 Å². The number of likely N-dealkylation sites (tertiary alicyclic amines) is 1. The van der Waals surface area contributed by atoms with Crippen molar-refractivity contribution in [3.63, 3.8) is 0 Å². The molecular weight excluding hydrogens is 354 g/mol. The van der Waals surface area contributed by atoms with Crippen LogP contribution in [0.2, 0.25) is 0 Å². The van der Waals surface area contributed by atoms with Gasteiger partial charge in [-0.25, -0.2) is 0 Å². The maximum atomic E-state index is 12.4. The number of rotatable bonds is 5. The van der Waals surface area contributed by atoms with Gasteiger partial charge in [0, 0.05) is 6.54 Å². The summed E-state index contributed by atoms with van der Waals surface area (Å²) in [5.41, 5.74) is 2.13. The van der Waals surface area contributed by atoms with Gasteiger partial charge in [-0.15, -0.1) is 0 Å². The van der Waals surface area contributed by atoms with E-state index in [4.69, 9.17) is 4.74 Å². The zero-order valence-corrected chi connectivity index (χ0v) is 15.7. The molecule has 2 aliphatic rings. The Hall–Kier alpha value is -2.95. The van der Waals surface area contributed by atoms with E-state index >= 15 is 0 Å². The number of imide groups is 1. The predicted molar refractivity (Wildman–Crippen MR) is 104 cm³/mol. The fourth-order valence-corrected chi connectivity index (χ4v) is 4.18. The number of carbonyl (C=O) groups excluding carboxylic acids is 3. The molecule has 2 atom stereocenters. The Balaban J connectivity index is 1.32. The molecule has 2 aromatic carbocycles. The molecule has 0 bridgehead atoms. The largest absolute Gasteiger partial charge is 0.426 e. The lowest BCUT2D eigenvalue weighted by atomic mass is 9.81. The first-order valence-corrected chi connectivity index (χ1v) is 9.85. The van der Waals surface area contributed by atoms with Crippen LogP contribution in [0.4, 0.5) is 0 Å². The second-order valence-electron chi connectivity index (χ2n) is 7.44. The van der Waals surface area contributed by atoms with Crippen LogP contribution in [0.5, 0.6) is 5.75 Å². The monoisotopic (exact) mass is 377 g/mol. The number of ether oxygens (including phenoxy) is 1. The van der Waals surface area contributed by atoms with Crippen molar-refractivity contribution >= 4 is 17.8 Å². The predicted octanol–water partition coefficient (Wildman–Crippen LogP) is 3.82. The summed E-state index contributed by atoms with van der Waals surface area (Å²) in [5.74, 6) is -0.574. The number of nitrogens with zero attached hydrogens (tertiary/aromatic N) is 1. The average molecular weight is 377 g/mol. The molecule has 28 heavy (non-hydrogen) atoms. The molecule has 0 spiro atoms. The summed E-state index contributed by atoms with van der Waals surface area (Å²) >= 11 is 0. The fraction of sp³-hybridized carbons (Fsp3) is 0.348. The molecule has 4 rings (SSSR count). The van der Waals surface area contributed by atoms with Crippen LogP contribution in [0.15, 0.2) is 54.6 Å². The van der Waals surface area contributed by atoms with Crippen LogP contribution >= 0.6 is 0 Å². The van der Waals surface area contributed by atoms with E-state index in [0.717, 1.165) is 36.8 Å². The Morgan fingerprint density at radius 2 is 1.43 bits per heavy atom. The highest BCUT2D eigenvalue weighted by Crippen LogP contribution is 2.38. The maximum absolute atomic E-state index is 12.4. The zero-order chi connectivity index (χ0) is 19.5. The van der Waals surface area contributed by atoms with E-state index in [1.165, 1.54) is 4.90 Å². The highest BCUT2D eigenvalue weighted by atomic mass is 16.5. The summed E-state index contributed by atoms with van der Waals surface area (Å²) in [6.07, 6.45) is 3.56. The summed E-state index contributed by atoms with van der Waals surface area (Å²) in [4.78, 5) is 38.3. The molecular formula is C23H23NO4. The van der Waals surface area contributed by atoms with Crippen molar-refractivity contribution in [2.75, 3.05) is 6.54 Å². The van der Waals surface area contributed by atoms with Crippen LogP contribution in [0.1, 0.15) is 32.1 Å². The third-order valence-corrected chi connectivity index (χ3v) is 5.67. The van der Waals surface area contributed by atoms with E-state index in [9.17, 15) is 14.4 Å². The lowest BCUT2D eigenvalue weighted by Crippen LogP contribution is -2.33. The van der Waals surface area contributed by atoms with Crippen LogP contribution in [0.3, 0.4) is 0 Å². The summed E-state index contributed by atoms with van der Waals surface area (Å²) in [6, 6.07) is 17.2. The third kappa shape index (κ3) is 3.70. The molecule has 2 fully saturated rings. The Bertz CT molecular complexity index is 851. The average Bonchev–Trinajstić information content (AvgIpc) is 2.98. The van der Waals surface area contributed by atoms with Gasteiger partial charge in [-0.3, -0.25) is 19.3 Å². The highest BCUT2D eigenvalue weighted by molar-refractivity contribution is 6.05. The number of hydrogen-bond acceptors (Lipinski definition) is 4. The smallest absolute Gasteiger partial charge is 0.312 e. The van der Waals surface area contributed by atoms with Gasteiger partial charge < -0.3 is 4.74 Å². The molecule has 0 unspecified atom stereocenters. The van der Waals surface area contributed by atoms with Crippen LogP contribution in [-0.4, -0.2) is 29.2 Å². The van der Waals surface area contributed by atoms with Crippen LogP contribution in [-0.2, 0) is 14.4 Å². The Labute approximate surface area is 164 Å². The van der Waals surface area contributed by atoms with Crippen LogP contribution in [0.25, 0.3) is 11.1 Å².